The first kappa shape index (κ1) is 24.3. The summed E-state index contributed by atoms with van der Waals surface area (Å²) in [5, 5.41) is 11.2. The molecule has 2 aliphatic rings. The standard InChI is InChI=1S/C28H36N6O2/c1-27(2)23(12-13-28(27,3)30)33-24-21(25(29)35)15-31-34-16-19(14-22(24)34)17-8-10-18(11-9-17)26(36)32-20-6-4-5-7-20/h8-11,14-16,20,23,33H,4-7,12-13,30H2,1-3H3,(H2,29,35)(H,32,36)/t23-,28+/m1/s1. The van der Waals surface area contributed by atoms with Gasteiger partial charge in [-0.2, -0.15) is 5.10 Å². The van der Waals surface area contributed by atoms with Gasteiger partial charge < -0.3 is 22.1 Å². The Kier molecular flexibility index (Phi) is 6.03. The maximum atomic E-state index is 12.6. The normalized spacial score (nSPS) is 23.7. The first-order valence-corrected chi connectivity index (χ1v) is 12.8. The number of fused-ring (bicyclic) bond motifs is 1. The lowest BCUT2D eigenvalue weighted by Crippen LogP contribution is -2.51. The van der Waals surface area contributed by atoms with Crippen molar-refractivity contribution in [2.24, 2.45) is 16.9 Å². The lowest BCUT2D eigenvalue weighted by molar-refractivity contribution is 0.0936. The molecule has 2 heterocycles. The first-order chi connectivity index (χ1) is 17.1. The van der Waals surface area contributed by atoms with E-state index in [0.717, 1.165) is 42.3 Å². The Morgan fingerprint density at radius 2 is 1.75 bits per heavy atom. The van der Waals surface area contributed by atoms with Crippen LogP contribution in [0.3, 0.4) is 0 Å². The molecular weight excluding hydrogens is 452 g/mol. The van der Waals surface area contributed by atoms with Crippen molar-refractivity contribution in [1.82, 2.24) is 14.9 Å². The zero-order valence-corrected chi connectivity index (χ0v) is 21.3. The first-order valence-electron chi connectivity index (χ1n) is 12.8. The number of amides is 2. The summed E-state index contributed by atoms with van der Waals surface area (Å²) < 4.78 is 1.76. The van der Waals surface area contributed by atoms with Gasteiger partial charge in [0.05, 0.1) is 23.0 Å². The predicted octanol–water partition coefficient (Wildman–Crippen LogP) is 4.09. The van der Waals surface area contributed by atoms with Crippen LogP contribution in [-0.4, -0.2) is 39.1 Å². The molecule has 1 aromatic carbocycles. The monoisotopic (exact) mass is 488 g/mol. The van der Waals surface area contributed by atoms with Crippen LogP contribution in [0.15, 0.2) is 42.7 Å². The van der Waals surface area contributed by atoms with Gasteiger partial charge in [0.1, 0.15) is 0 Å². The van der Waals surface area contributed by atoms with Crippen LogP contribution in [0.4, 0.5) is 5.69 Å². The van der Waals surface area contributed by atoms with Gasteiger partial charge in [-0.25, -0.2) is 4.52 Å². The highest BCUT2D eigenvalue weighted by Crippen LogP contribution is 2.46. The van der Waals surface area contributed by atoms with Crippen LogP contribution >= 0.6 is 0 Å². The molecular formula is C28H36N6O2. The molecule has 8 nitrogen and oxygen atoms in total. The molecule has 0 unspecified atom stereocenters. The van der Waals surface area contributed by atoms with Crippen LogP contribution in [-0.2, 0) is 0 Å². The largest absolute Gasteiger partial charge is 0.379 e. The Balaban J connectivity index is 1.45. The number of nitrogens with zero attached hydrogens (tertiary/aromatic N) is 2. The highest BCUT2D eigenvalue weighted by molar-refractivity contribution is 6.02. The van der Waals surface area contributed by atoms with Gasteiger partial charge in [0.25, 0.3) is 11.8 Å². The molecule has 2 amide bonds. The third kappa shape index (κ3) is 4.23. The summed E-state index contributed by atoms with van der Waals surface area (Å²) in [6.07, 6.45) is 9.69. The summed E-state index contributed by atoms with van der Waals surface area (Å²) in [7, 11) is 0. The molecule has 5 rings (SSSR count). The van der Waals surface area contributed by atoms with E-state index in [1.807, 2.05) is 36.5 Å². The van der Waals surface area contributed by atoms with Gasteiger partial charge in [-0.1, -0.05) is 38.8 Å². The summed E-state index contributed by atoms with van der Waals surface area (Å²) in [5.41, 5.74) is 16.2. The van der Waals surface area contributed by atoms with Crippen LogP contribution in [0.1, 0.15) is 80.0 Å². The zero-order chi connectivity index (χ0) is 25.7. The minimum atomic E-state index is -0.529. The van der Waals surface area contributed by atoms with Gasteiger partial charge in [-0.3, -0.25) is 9.59 Å². The number of aromatic nitrogens is 2. The van der Waals surface area contributed by atoms with Gasteiger partial charge in [0.2, 0.25) is 0 Å². The number of nitrogens with two attached hydrogens (primary N) is 2. The van der Waals surface area contributed by atoms with E-state index in [1.54, 1.807) is 4.52 Å². The van der Waals surface area contributed by atoms with Gasteiger partial charge in [-0.15, -0.1) is 0 Å². The van der Waals surface area contributed by atoms with Crippen molar-refractivity contribution in [2.75, 3.05) is 5.32 Å². The Bertz CT molecular complexity index is 1300. The van der Waals surface area contributed by atoms with Crippen LogP contribution in [0.25, 0.3) is 16.6 Å². The molecule has 2 saturated carbocycles. The molecule has 0 bridgehead atoms. The number of hydrogen-bond donors (Lipinski definition) is 4. The number of nitrogens with one attached hydrogen (secondary N) is 2. The van der Waals surface area contributed by atoms with Crippen LogP contribution in [0, 0.1) is 5.41 Å². The molecule has 36 heavy (non-hydrogen) atoms. The SMILES string of the molecule is CC1(C)[C@H](Nc2c(C(N)=O)cnn3cc(-c4ccc(C(=O)NC5CCCC5)cc4)cc23)CC[C@]1(C)N. The molecule has 2 atom stereocenters. The van der Waals surface area contributed by atoms with E-state index in [4.69, 9.17) is 11.5 Å². The second kappa shape index (κ2) is 8.92. The summed E-state index contributed by atoms with van der Waals surface area (Å²) >= 11 is 0. The highest BCUT2D eigenvalue weighted by atomic mass is 16.2. The third-order valence-corrected chi connectivity index (χ3v) is 8.69. The Hall–Kier alpha value is -3.39. The fraction of sp³-hybridized carbons (Fsp3) is 0.464. The second-order valence-electron chi connectivity index (χ2n) is 11.3. The second-order valence-corrected chi connectivity index (χ2v) is 11.3. The van der Waals surface area contributed by atoms with Crippen molar-refractivity contribution in [3.8, 4) is 11.1 Å². The molecule has 3 aromatic rings. The van der Waals surface area contributed by atoms with Gasteiger partial charge >= 0.3 is 0 Å². The van der Waals surface area contributed by atoms with Crippen molar-refractivity contribution in [3.63, 3.8) is 0 Å². The van der Waals surface area contributed by atoms with Gasteiger partial charge in [0, 0.05) is 40.4 Å². The lowest BCUT2D eigenvalue weighted by atomic mass is 9.75. The molecule has 0 aliphatic heterocycles. The van der Waals surface area contributed by atoms with E-state index in [0.29, 0.717) is 16.8 Å². The molecule has 2 aliphatic carbocycles. The average molecular weight is 489 g/mol. The number of hydrogen-bond acceptors (Lipinski definition) is 5. The summed E-state index contributed by atoms with van der Waals surface area (Å²) in [6, 6.07) is 9.96. The number of primary amides is 1. The van der Waals surface area contributed by atoms with Gasteiger partial charge in [0.15, 0.2) is 0 Å². The lowest BCUT2D eigenvalue weighted by Gasteiger charge is -2.39. The molecule has 0 spiro atoms. The zero-order valence-electron chi connectivity index (χ0n) is 21.3. The number of carbonyl (C=O) groups excluding carboxylic acids is 2. The van der Waals surface area contributed by atoms with Gasteiger partial charge in [-0.05, 0) is 56.4 Å². The molecule has 190 valence electrons. The van der Waals surface area contributed by atoms with Crippen molar-refractivity contribution < 1.29 is 9.59 Å². The number of anilines is 1. The highest BCUT2D eigenvalue weighted by Gasteiger charge is 2.49. The molecule has 0 radical (unpaired) electrons. The van der Waals surface area contributed by atoms with Crippen molar-refractivity contribution in [2.45, 2.75) is 76.9 Å². The smallest absolute Gasteiger partial charge is 0.252 e. The number of benzene rings is 1. The van der Waals surface area contributed by atoms with E-state index in [-0.39, 0.29) is 28.9 Å². The van der Waals surface area contributed by atoms with Crippen LogP contribution < -0.4 is 22.1 Å². The van der Waals surface area contributed by atoms with Crippen molar-refractivity contribution in [3.05, 3.63) is 53.9 Å². The summed E-state index contributed by atoms with van der Waals surface area (Å²) in [6.45, 7) is 6.40. The van der Waals surface area contributed by atoms with Crippen molar-refractivity contribution in [1.29, 1.82) is 0 Å². The molecule has 2 aromatic heterocycles. The van der Waals surface area contributed by atoms with E-state index in [2.05, 4.69) is 36.5 Å². The number of carbonyl (C=O) groups is 2. The topological polar surface area (TPSA) is 128 Å². The Morgan fingerprint density at radius 1 is 1.06 bits per heavy atom. The predicted molar refractivity (Wildman–Crippen MR) is 142 cm³/mol. The maximum absolute atomic E-state index is 12.6. The van der Waals surface area contributed by atoms with E-state index in [1.165, 1.54) is 19.0 Å². The Labute approximate surface area is 211 Å². The van der Waals surface area contributed by atoms with E-state index < -0.39 is 5.91 Å². The molecule has 6 N–H and O–H groups in total. The minimum Gasteiger partial charge on any atom is -0.379 e. The van der Waals surface area contributed by atoms with E-state index >= 15 is 0 Å². The summed E-state index contributed by atoms with van der Waals surface area (Å²) in [4.78, 5) is 24.9. The quantitative estimate of drug-likeness (QED) is 0.416. The molecule has 0 saturated heterocycles. The van der Waals surface area contributed by atoms with Crippen molar-refractivity contribution >= 4 is 23.0 Å². The number of rotatable bonds is 6. The fourth-order valence-electron chi connectivity index (χ4n) is 5.66. The van der Waals surface area contributed by atoms with Crippen LogP contribution in [0.5, 0.6) is 0 Å². The van der Waals surface area contributed by atoms with E-state index in [9.17, 15) is 9.59 Å². The van der Waals surface area contributed by atoms with Crippen LogP contribution in [0.2, 0.25) is 0 Å². The average Bonchev–Trinajstić information content (AvgIpc) is 3.55. The molecule has 8 heteroatoms. The third-order valence-electron chi connectivity index (χ3n) is 8.69. The maximum Gasteiger partial charge on any atom is 0.252 e. The summed E-state index contributed by atoms with van der Waals surface area (Å²) in [5.74, 6) is -0.556. The Morgan fingerprint density at radius 3 is 2.36 bits per heavy atom. The fourth-order valence-corrected chi connectivity index (χ4v) is 5.66. The molecule has 2 fully saturated rings. The minimum absolute atomic E-state index is 0.0270.